The van der Waals surface area contributed by atoms with E-state index in [0.29, 0.717) is 0 Å². The lowest BCUT2D eigenvalue weighted by atomic mass is 10.3. The average Bonchev–Trinajstić information content (AvgIpc) is 3.16. The van der Waals surface area contributed by atoms with Crippen molar-refractivity contribution in [1.82, 2.24) is 25.2 Å². The molecule has 2 heterocycles. The molecule has 0 spiro atoms. The van der Waals surface area contributed by atoms with Crippen LogP contribution in [0.2, 0.25) is 0 Å². The van der Waals surface area contributed by atoms with Gasteiger partial charge in [0.05, 0.1) is 21.7 Å². The molecule has 2 N–H and O–H groups in total. The fraction of sp³-hybridized carbons (Fsp3) is 0.389. The van der Waals surface area contributed by atoms with Gasteiger partial charge in [-0.05, 0) is 26.0 Å². The Bertz CT molecular complexity index is 870. The lowest BCUT2D eigenvalue weighted by Gasteiger charge is -2.13. The molecule has 140 valence electrons. The van der Waals surface area contributed by atoms with Gasteiger partial charge in [0, 0.05) is 38.5 Å². The third-order valence-electron chi connectivity index (χ3n) is 4.04. The highest BCUT2D eigenvalue weighted by atomic mass is 127. The van der Waals surface area contributed by atoms with Crippen LogP contribution in [-0.4, -0.2) is 40.6 Å². The number of benzene rings is 1. The highest BCUT2D eigenvalue weighted by molar-refractivity contribution is 14.0. The molecule has 0 unspecified atom stereocenters. The number of hydrogen-bond acceptors (Lipinski definition) is 4. The summed E-state index contributed by atoms with van der Waals surface area (Å²) in [6, 6.07) is 8.23. The molecule has 0 amide bonds. The average molecular weight is 484 g/mol. The van der Waals surface area contributed by atoms with E-state index < -0.39 is 0 Å². The van der Waals surface area contributed by atoms with Gasteiger partial charge in [0.1, 0.15) is 5.82 Å². The lowest BCUT2D eigenvalue weighted by Crippen LogP contribution is -2.39. The molecule has 0 saturated carbocycles. The summed E-state index contributed by atoms with van der Waals surface area (Å²) in [6.07, 6.45) is 0.899. The van der Waals surface area contributed by atoms with Crippen molar-refractivity contribution in [3.63, 3.8) is 0 Å². The smallest absolute Gasteiger partial charge is 0.191 e. The van der Waals surface area contributed by atoms with Crippen molar-refractivity contribution in [3.8, 4) is 0 Å². The van der Waals surface area contributed by atoms with Crippen molar-refractivity contribution >= 4 is 52.3 Å². The van der Waals surface area contributed by atoms with E-state index in [1.807, 2.05) is 32.0 Å². The number of thiazole rings is 1. The number of hydrogen-bond donors (Lipinski definition) is 2. The van der Waals surface area contributed by atoms with Crippen molar-refractivity contribution in [1.29, 1.82) is 0 Å². The molecule has 6 nitrogen and oxygen atoms in total. The number of guanidine groups is 1. The van der Waals surface area contributed by atoms with E-state index >= 15 is 0 Å². The van der Waals surface area contributed by atoms with Crippen LogP contribution in [-0.2, 0) is 13.0 Å². The first-order chi connectivity index (χ1) is 12.2. The van der Waals surface area contributed by atoms with Crippen molar-refractivity contribution in [2.45, 2.75) is 26.8 Å². The van der Waals surface area contributed by atoms with Crippen LogP contribution in [0.4, 0.5) is 0 Å². The summed E-state index contributed by atoms with van der Waals surface area (Å²) in [6.45, 7) is 6.53. The van der Waals surface area contributed by atoms with Gasteiger partial charge in [-0.15, -0.1) is 35.3 Å². The Balaban J connectivity index is 0.00000243. The lowest BCUT2D eigenvalue weighted by molar-refractivity contribution is 0.659. The Hall–Kier alpha value is -1.68. The van der Waals surface area contributed by atoms with E-state index in [2.05, 4.69) is 41.6 Å². The zero-order valence-corrected chi connectivity index (χ0v) is 18.5. The molecular weight excluding hydrogens is 459 g/mol. The number of halogens is 1. The second-order valence-electron chi connectivity index (χ2n) is 5.83. The molecule has 0 aliphatic rings. The van der Waals surface area contributed by atoms with Crippen LogP contribution in [0.1, 0.15) is 16.5 Å². The minimum atomic E-state index is 0. The van der Waals surface area contributed by atoms with Gasteiger partial charge in [-0.25, -0.2) is 9.97 Å². The van der Waals surface area contributed by atoms with Crippen molar-refractivity contribution in [3.05, 3.63) is 46.2 Å². The van der Waals surface area contributed by atoms with Gasteiger partial charge in [0.25, 0.3) is 0 Å². The van der Waals surface area contributed by atoms with Gasteiger partial charge in [-0.3, -0.25) is 4.99 Å². The fourth-order valence-corrected chi connectivity index (χ4v) is 3.46. The second kappa shape index (κ2) is 9.86. The molecular formula is C18H25IN6S. The summed E-state index contributed by atoms with van der Waals surface area (Å²) in [5.74, 6) is 1.85. The number of aromatic nitrogens is 3. The molecule has 0 fully saturated rings. The Morgan fingerprint density at radius 2 is 1.92 bits per heavy atom. The van der Waals surface area contributed by atoms with Crippen molar-refractivity contribution in [2.75, 3.05) is 20.1 Å². The highest BCUT2D eigenvalue weighted by Gasteiger charge is 2.06. The van der Waals surface area contributed by atoms with Crippen LogP contribution in [0.15, 0.2) is 34.6 Å². The molecule has 26 heavy (non-hydrogen) atoms. The summed E-state index contributed by atoms with van der Waals surface area (Å²) >= 11 is 1.69. The Labute approximate surface area is 175 Å². The largest absolute Gasteiger partial charge is 0.356 e. The van der Waals surface area contributed by atoms with Crippen LogP contribution in [0.5, 0.6) is 0 Å². The normalized spacial score (nSPS) is 11.4. The maximum Gasteiger partial charge on any atom is 0.191 e. The molecule has 0 bridgehead atoms. The van der Waals surface area contributed by atoms with E-state index in [1.165, 1.54) is 5.52 Å². The van der Waals surface area contributed by atoms with Crippen LogP contribution < -0.4 is 10.6 Å². The van der Waals surface area contributed by atoms with Crippen LogP contribution in [0.3, 0.4) is 0 Å². The van der Waals surface area contributed by atoms with E-state index in [9.17, 15) is 0 Å². The maximum absolute atomic E-state index is 4.60. The van der Waals surface area contributed by atoms with E-state index in [4.69, 9.17) is 0 Å². The second-order valence-corrected chi connectivity index (χ2v) is 6.90. The standard InChI is InChI=1S/C18H24N6S.HI/c1-13-22-16-6-4-5-7-17(16)24(13)11-10-21-18(19-3)20-9-8-15-12-25-14(2)23-15;/h4-7,12H,8-11H2,1-3H3,(H2,19,20,21);1H. The zero-order valence-electron chi connectivity index (χ0n) is 15.3. The van der Waals surface area contributed by atoms with Crippen molar-refractivity contribution in [2.24, 2.45) is 4.99 Å². The summed E-state index contributed by atoms with van der Waals surface area (Å²) in [4.78, 5) is 13.4. The van der Waals surface area contributed by atoms with Gasteiger partial charge < -0.3 is 15.2 Å². The highest BCUT2D eigenvalue weighted by Crippen LogP contribution is 2.14. The number of imidazole rings is 1. The van der Waals surface area contributed by atoms with Crippen molar-refractivity contribution < 1.29 is 0 Å². The van der Waals surface area contributed by atoms with Crippen LogP contribution >= 0.6 is 35.3 Å². The molecule has 0 radical (unpaired) electrons. The number of rotatable bonds is 6. The molecule has 3 aromatic rings. The zero-order chi connectivity index (χ0) is 17.6. The van der Waals surface area contributed by atoms with Gasteiger partial charge in [0.2, 0.25) is 0 Å². The summed E-state index contributed by atoms with van der Waals surface area (Å²) in [5, 5.41) is 9.92. The third-order valence-corrected chi connectivity index (χ3v) is 4.86. The Morgan fingerprint density at radius 3 is 2.65 bits per heavy atom. The third kappa shape index (κ3) is 5.16. The topological polar surface area (TPSA) is 67.1 Å². The maximum atomic E-state index is 4.60. The Morgan fingerprint density at radius 1 is 1.15 bits per heavy atom. The predicted octanol–water partition coefficient (Wildman–Crippen LogP) is 3.14. The minimum Gasteiger partial charge on any atom is -0.356 e. The van der Waals surface area contributed by atoms with Gasteiger partial charge in [-0.2, -0.15) is 0 Å². The van der Waals surface area contributed by atoms with Crippen LogP contribution in [0.25, 0.3) is 11.0 Å². The Kier molecular flexibility index (Phi) is 7.83. The van der Waals surface area contributed by atoms with Gasteiger partial charge in [-0.1, -0.05) is 12.1 Å². The number of nitrogens with one attached hydrogen (secondary N) is 2. The molecule has 0 aliphatic heterocycles. The van der Waals surface area contributed by atoms with Gasteiger partial charge >= 0.3 is 0 Å². The first kappa shape index (κ1) is 20.6. The SMILES string of the molecule is CN=C(NCCc1csc(C)n1)NCCn1c(C)nc2ccccc21.I. The first-order valence-electron chi connectivity index (χ1n) is 8.45. The summed E-state index contributed by atoms with van der Waals surface area (Å²) in [5.41, 5.74) is 3.34. The van der Waals surface area contributed by atoms with Crippen LogP contribution in [0, 0.1) is 13.8 Å². The first-order valence-corrected chi connectivity index (χ1v) is 9.32. The minimum absolute atomic E-state index is 0. The fourth-order valence-electron chi connectivity index (χ4n) is 2.82. The van der Waals surface area contributed by atoms with Gasteiger partial charge in [0.15, 0.2) is 5.96 Å². The number of para-hydroxylation sites is 2. The monoisotopic (exact) mass is 484 g/mol. The molecule has 2 aromatic heterocycles. The predicted molar refractivity (Wildman–Crippen MR) is 120 cm³/mol. The van der Waals surface area contributed by atoms with E-state index in [1.54, 1.807) is 18.4 Å². The molecule has 1 aromatic carbocycles. The molecule has 3 rings (SSSR count). The number of nitrogens with zero attached hydrogens (tertiary/aromatic N) is 4. The number of fused-ring (bicyclic) bond motifs is 1. The molecule has 8 heteroatoms. The molecule has 0 aliphatic carbocycles. The molecule has 0 saturated heterocycles. The van der Waals surface area contributed by atoms with E-state index in [0.717, 1.165) is 54.1 Å². The summed E-state index contributed by atoms with van der Waals surface area (Å²) in [7, 11) is 1.79. The summed E-state index contributed by atoms with van der Waals surface area (Å²) < 4.78 is 2.23. The number of aryl methyl sites for hydroxylation is 2. The quantitative estimate of drug-likeness (QED) is 0.321. The number of aliphatic imine (C=N–C) groups is 1. The molecule has 0 atom stereocenters. The van der Waals surface area contributed by atoms with E-state index in [-0.39, 0.29) is 24.0 Å².